The van der Waals surface area contributed by atoms with Gasteiger partial charge < -0.3 is 0 Å². The molecule has 19 heavy (non-hydrogen) atoms. The summed E-state index contributed by atoms with van der Waals surface area (Å²) in [5, 5.41) is 1.17. The number of hydrogen-bond acceptors (Lipinski definition) is 1. The van der Waals surface area contributed by atoms with E-state index in [4.69, 9.17) is 23.2 Å². The second-order valence-electron chi connectivity index (χ2n) is 4.26. The van der Waals surface area contributed by atoms with Crippen molar-refractivity contribution in [2.24, 2.45) is 0 Å². The van der Waals surface area contributed by atoms with E-state index in [1.165, 1.54) is 0 Å². The fourth-order valence-corrected chi connectivity index (χ4v) is 2.65. The molecule has 0 atom stereocenters. The van der Waals surface area contributed by atoms with Gasteiger partial charge in [-0.25, -0.2) is 0 Å². The minimum absolute atomic E-state index is 0.113. The molecule has 0 fully saturated rings. The van der Waals surface area contributed by atoms with Crippen molar-refractivity contribution in [2.75, 3.05) is 0 Å². The summed E-state index contributed by atoms with van der Waals surface area (Å²) in [6, 6.07) is 12.9. The maximum absolute atomic E-state index is 12.0. The van der Waals surface area contributed by atoms with Crippen LogP contribution in [0, 0.1) is 0 Å². The number of halogens is 3. The first-order valence-electron chi connectivity index (χ1n) is 5.74. The molecule has 2 aromatic carbocycles. The van der Waals surface area contributed by atoms with Gasteiger partial charge in [0.05, 0.1) is 0 Å². The number of carbonyl (C=O) groups excluding carboxylic acids is 1. The third-order valence-corrected chi connectivity index (χ3v) is 3.78. The molecular formula is C15H11BrCl2O. The Morgan fingerprint density at radius 1 is 1.05 bits per heavy atom. The minimum Gasteiger partial charge on any atom is -0.299 e. The highest BCUT2D eigenvalue weighted by Crippen LogP contribution is 2.22. The van der Waals surface area contributed by atoms with Crippen LogP contribution in [-0.2, 0) is 17.6 Å². The van der Waals surface area contributed by atoms with Crippen LogP contribution in [0.5, 0.6) is 0 Å². The first-order valence-corrected chi connectivity index (χ1v) is 7.29. The molecule has 98 valence electrons. The number of Topliss-reactive ketones (excluding diaryl/α,β-unsaturated/α-hetero) is 1. The van der Waals surface area contributed by atoms with Gasteiger partial charge in [0.15, 0.2) is 0 Å². The Kier molecular flexibility index (Phi) is 5.03. The fourth-order valence-electron chi connectivity index (χ4n) is 1.83. The van der Waals surface area contributed by atoms with Crippen LogP contribution in [0.4, 0.5) is 0 Å². The lowest BCUT2D eigenvalue weighted by molar-refractivity contribution is -0.117. The summed E-state index contributed by atoms with van der Waals surface area (Å²) < 4.78 is 0.971. The van der Waals surface area contributed by atoms with E-state index in [0.29, 0.717) is 22.9 Å². The van der Waals surface area contributed by atoms with Crippen LogP contribution in [0.2, 0.25) is 10.0 Å². The van der Waals surface area contributed by atoms with Crippen molar-refractivity contribution < 1.29 is 4.79 Å². The van der Waals surface area contributed by atoms with E-state index in [-0.39, 0.29) is 5.78 Å². The largest absolute Gasteiger partial charge is 0.299 e. The first kappa shape index (κ1) is 14.6. The van der Waals surface area contributed by atoms with Crippen molar-refractivity contribution in [2.45, 2.75) is 12.8 Å². The summed E-state index contributed by atoms with van der Waals surface area (Å²) in [7, 11) is 0. The fraction of sp³-hybridized carbons (Fsp3) is 0.133. The molecule has 0 spiro atoms. The highest BCUT2D eigenvalue weighted by Gasteiger charge is 2.09. The van der Waals surface area contributed by atoms with Gasteiger partial charge in [-0.05, 0) is 41.5 Å². The van der Waals surface area contributed by atoms with Gasteiger partial charge >= 0.3 is 0 Å². The molecule has 1 nitrogen and oxygen atoms in total. The molecule has 0 aliphatic rings. The molecule has 0 bridgehead atoms. The summed E-state index contributed by atoms with van der Waals surface area (Å²) in [5.74, 6) is 0.113. The maximum atomic E-state index is 12.0. The Balaban J connectivity index is 2.07. The lowest BCUT2D eigenvalue weighted by Crippen LogP contribution is -2.07. The van der Waals surface area contributed by atoms with Crippen LogP contribution in [0.25, 0.3) is 0 Å². The smallest absolute Gasteiger partial charge is 0.141 e. The average Bonchev–Trinajstić information content (AvgIpc) is 2.34. The Labute approximate surface area is 130 Å². The maximum Gasteiger partial charge on any atom is 0.141 e. The second kappa shape index (κ2) is 6.56. The van der Waals surface area contributed by atoms with Crippen LogP contribution >= 0.6 is 39.1 Å². The summed E-state index contributed by atoms with van der Waals surface area (Å²) in [5.41, 5.74) is 1.76. The molecule has 0 heterocycles. The number of benzene rings is 2. The molecule has 0 saturated carbocycles. The molecule has 0 radical (unpaired) electrons. The van der Waals surface area contributed by atoms with Crippen LogP contribution in [-0.4, -0.2) is 5.78 Å². The van der Waals surface area contributed by atoms with Crippen LogP contribution < -0.4 is 0 Å². The number of ketones is 1. The zero-order chi connectivity index (χ0) is 13.8. The van der Waals surface area contributed by atoms with Gasteiger partial charge in [-0.15, -0.1) is 0 Å². The molecule has 0 aliphatic heterocycles. The third-order valence-electron chi connectivity index (χ3n) is 2.69. The zero-order valence-corrected chi connectivity index (χ0v) is 13.1. The second-order valence-corrected chi connectivity index (χ2v) is 6.02. The zero-order valence-electron chi connectivity index (χ0n) is 10.00. The minimum atomic E-state index is 0.113. The Hall–Kier alpha value is -0.830. The van der Waals surface area contributed by atoms with Crippen molar-refractivity contribution in [3.63, 3.8) is 0 Å². The van der Waals surface area contributed by atoms with Gasteiger partial charge in [0.1, 0.15) is 5.78 Å². The van der Waals surface area contributed by atoms with Crippen molar-refractivity contribution in [3.8, 4) is 0 Å². The Morgan fingerprint density at radius 2 is 1.84 bits per heavy atom. The molecule has 0 saturated heterocycles. The molecule has 0 aromatic heterocycles. The van der Waals surface area contributed by atoms with Crippen LogP contribution in [0.15, 0.2) is 46.9 Å². The highest BCUT2D eigenvalue weighted by atomic mass is 79.9. The monoisotopic (exact) mass is 356 g/mol. The van der Waals surface area contributed by atoms with Gasteiger partial charge in [-0.3, -0.25) is 4.79 Å². The average molecular weight is 358 g/mol. The van der Waals surface area contributed by atoms with E-state index >= 15 is 0 Å². The number of carbonyl (C=O) groups is 1. The summed E-state index contributed by atoms with van der Waals surface area (Å²) in [4.78, 5) is 12.0. The Morgan fingerprint density at radius 3 is 2.58 bits per heavy atom. The lowest BCUT2D eigenvalue weighted by atomic mass is 10.0. The van der Waals surface area contributed by atoms with Crippen molar-refractivity contribution >= 4 is 44.9 Å². The van der Waals surface area contributed by atoms with E-state index in [2.05, 4.69) is 15.9 Å². The van der Waals surface area contributed by atoms with Crippen molar-refractivity contribution in [3.05, 3.63) is 68.1 Å². The van der Waals surface area contributed by atoms with E-state index in [1.807, 2.05) is 24.3 Å². The SMILES string of the molecule is O=C(Cc1cccc(Br)c1)Cc1cc(Cl)ccc1Cl. The quantitative estimate of drug-likeness (QED) is 0.743. The van der Waals surface area contributed by atoms with Crippen LogP contribution in [0.1, 0.15) is 11.1 Å². The lowest BCUT2D eigenvalue weighted by Gasteiger charge is -2.05. The van der Waals surface area contributed by atoms with Crippen molar-refractivity contribution in [1.29, 1.82) is 0 Å². The molecular weight excluding hydrogens is 347 g/mol. The topological polar surface area (TPSA) is 17.1 Å². The van der Waals surface area contributed by atoms with E-state index in [0.717, 1.165) is 15.6 Å². The van der Waals surface area contributed by atoms with E-state index < -0.39 is 0 Å². The third kappa shape index (κ3) is 4.34. The standard InChI is InChI=1S/C15H11BrCl2O/c16-12-3-1-2-10(6-12)7-14(19)9-11-8-13(17)4-5-15(11)18/h1-6,8H,7,9H2. The molecule has 2 aromatic rings. The molecule has 2 rings (SSSR count). The van der Waals surface area contributed by atoms with Gasteiger partial charge in [0.25, 0.3) is 0 Å². The summed E-state index contributed by atoms with van der Waals surface area (Å²) in [6.07, 6.45) is 0.689. The molecule has 0 aliphatic carbocycles. The highest BCUT2D eigenvalue weighted by molar-refractivity contribution is 9.10. The molecule has 0 N–H and O–H groups in total. The predicted molar refractivity (Wildman–Crippen MR) is 83.0 cm³/mol. The summed E-state index contributed by atoms with van der Waals surface area (Å²) >= 11 is 15.3. The molecule has 4 heteroatoms. The van der Waals surface area contributed by atoms with Crippen molar-refractivity contribution in [1.82, 2.24) is 0 Å². The number of rotatable bonds is 4. The van der Waals surface area contributed by atoms with E-state index in [9.17, 15) is 4.79 Å². The van der Waals surface area contributed by atoms with Crippen LogP contribution in [0.3, 0.4) is 0 Å². The van der Waals surface area contributed by atoms with Gasteiger partial charge in [0, 0.05) is 27.4 Å². The van der Waals surface area contributed by atoms with Gasteiger partial charge in [0.2, 0.25) is 0 Å². The van der Waals surface area contributed by atoms with E-state index in [1.54, 1.807) is 18.2 Å². The molecule has 0 unspecified atom stereocenters. The Bertz CT molecular complexity index is 611. The normalized spacial score (nSPS) is 10.5. The van der Waals surface area contributed by atoms with Gasteiger partial charge in [-0.1, -0.05) is 51.3 Å². The predicted octanol–water partition coefficient (Wildman–Crippen LogP) is 5.11. The number of hydrogen-bond donors (Lipinski definition) is 0. The summed E-state index contributed by atoms with van der Waals surface area (Å²) in [6.45, 7) is 0. The van der Waals surface area contributed by atoms with Gasteiger partial charge in [-0.2, -0.15) is 0 Å². The first-order chi connectivity index (χ1) is 9.04. The molecule has 0 amide bonds.